The number of sulfonamides is 1. The molecule has 0 saturated carbocycles. The molecule has 0 spiro atoms. The molecular formula is C17H18BrN3O4S. The maximum atomic E-state index is 12.1. The Morgan fingerprint density at radius 3 is 2.54 bits per heavy atom. The van der Waals surface area contributed by atoms with E-state index < -0.39 is 10.0 Å². The Morgan fingerprint density at radius 2 is 1.88 bits per heavy atom. The summed E-state index contributed by atoms with van der Waals surface area (Å²) in [6, 6.07) is 9.43. The van der Waals surface area contributed by atoms with Crippen molar-refractivity contribution in [1.29, 1.82) is 0 Å². The van der Waals surface area contributed by atoms with Crippen molar-refractivity contribution in [3.8, 4) is 0 Å². The number of hydrogen-bond donors (Lipinski definition) is 2. The molecule has 0 aliphatic rings. The second kappa shape index (κ2) is 8.93. The maximum absolute atomic E-state index is 12.1. The van der Waals surface area contributed by atoms with Crippen molar-refractivity contribution < 1.29 is 13.2 Å². The fourth-order valence-electron chi connectivity index (χ4n) is 2.12. The highest BCUT2D eigenvalue weighted by Crippen LogP contribution is 2.12. The number of anilines is 1. The van der Waals surface area contributed by atoms with Gasteiger partial charge in [0.25, 0.3) is 5.56 Å². The summed E-state index contributed by atoms with van der Waals surface area (Å²) in [5, 5.41) is 2.67. The number of carbonyl (C=O) groups is 1. The van der Waals surface area contributed by atoms with Crippen LogP contribution in [0.2, 0.25) is 0 Å². The van der Waals surface area contributed by atoms with Crippen molar-refractivity contribution in [3.63, 3.8) is 0 Å². The second-order valence-electron chi connectivity index (χ2n) is 5.45. The molecule has 138 valence electrons. The second-order valence-corrected chi connectivity index (χ2v) is 8.18. The molecule has 0 fully saturated rings. The van der Waals surface area contributed by atoms with Gasteiger partial charge in [0, 0.05) is 29.0 Å². The minimum Gasteiger partial charge on any atom is -0.325 e. The Balaban J connectivity index is 1.98. The van der Waals surface area contributed by atoms with Gasteiger partial charge in [0.15, 0.2) is 0 Å². The van der Waals surface area contributed by atoms with Crippen LogP contribution in [0, 0.1) is 0 Å². The normalized spacial score (nSPS) is 11.1. The van der Waals surface area contributed by atoms with Crippen LogP contribution in [-0.2, 0) is 27.1 Å². The largest absolute Gasteiger partial charge is 0.325 e. The summed E-state index contributed by atoms with van der Waals surface area (Å²) in [6.45, 7) is 3.51. The number of nitrogens with zero attached hydrogens (tertiary/aromatic N) is 1. The van der Waals surface area contributed by atoms with Crippen LogP contribution in [0.25, 0.3) is 0 Å². The Kier molecular flexibility index (Phi) is 6.90. The highest BCUT2D eigenvalue weighted by molar-refractivity contribution is 9.10. The average Bonchev–Trinajstić information content (AvgIpc) is 2.58. The lowest BCUT2D eigenvalue weighted by atomic mass is 10.2. The van der Waals surface area contributed by atoms with E-state index in [1.165, 1.54) is 22.9 Å². The molecule has 1 amide bonds. The minimum absolute atomic E-state index is 0.125. The van der Waals surface area contributed by atoms with Gasteiger partial charge >= 0.3 is 0 Å². The SMILES string of the molecule is C=CCNS(=O)(=O)Cc1ccc(NC(=O)Cn2cc(Br)ccc2=O)cc1. The smallest absolute Gasteiger partial charge is 0.251 e. The quantitative estimate of drug-likeness (QED) is 0.613. The van der Waals surface area contributed by atoms with Gasteiger partial charge in [-0.3, -0.25) is 9.59 Å². The number of benzene rings is 1. The van der Waals surface area contributed by atoms with Gasteiger partial charge in [-0.1, -0.05) is 18.2 Å². The maximum Gasteiger partial charge on any atom is 0.251 e. The predicted molar refractivity (Wildman–Crippen MR) is 104 cm³/mol. The molecule has 26 heavy (non-hydrogen) atoms. The van der Waals surface area contributed by atoms with Crippen molar-refractivity contribution in [2.45, 2.75) is 12.3 Å². The summed E-state index contributed by atoms with van der Waals surface area (Å²) in [7, 11) is -3.43. The lowest BCUT2D eigenvalue weighted by Gasteiger charge is -2.09. The van der Waals surface area contributed by atoms with Gasteiger partial charge in [0.1, 0.15) is 6.54 Å². The number of hydrogen-bond acceptors (Lipinski definition) is 4. The Bertz CT molecular complexity index is 953. The van der Waals surface area contributed by atoms with Gasteiger partial charge in [-0.2, -0.15) is 0 Å². The molecule has 0 bridgehead atoms. The van der Waals surface area contributed by atoms with E-state index in [-0.39, 0.29) is 30.3 Å². The number of amides is 1. The van der Waals surface area contributed by atoms with E-state index in [1.54, 1.807) is 30.3 Å². The van der Waals surface area contributed by atoms with Crippen LogP contribution in [-0.4, -0.2) is 25.4 Å². The first-order valence-electron chi connectivity index (χ1n) is 7.62. The summed E-state index contributed by atoms with van der Waals surface area (Å²) >= 11 is 3.25. The van der Waals surface area contributed by atoms with Crippen LogP contribution < -0.4 is 15.6 Å². The summed E-state index contributed by atoms with van der Waals surface area (Å²) in [5.41, 5.74) is 0.817. The van der Waals surface area contributed by atoms with Crippen LogP contribution in [0.3, 0.4) is 0 Å². The first kappa shape index (κ1) is 20.1. The Hall–Kier alpha value is -2.23. The molecule has 0 atom stereocenters. The molecule has 1 aromatic heterocycles. The molecule has 0 unspecified atom stereocenters. The van der Waals surface area contributed by atoms with E-state index in [9.17, 15) is 18.0 Å². The van der Waals surface area contributed by atoms with E-state index in [1.807, 2.05) is 0 Å². The number of pyridine rings is 1. The van der Waals surface area contributed by atoms with Gasteiger partial charge in [-0.25, -0.2) is 13.1 Å². The van der Waals surface area contributed by atoms with Gasteiger partial charge in [-0.15, -0.1) is 6.58 Å². The van der Waals surface area contributed by atoms with Crippen molar-refractivity contribution in [2.75, 3.05) is 11.9 Å². The molecule has 1 aromatic carbocycles. The zero-order chi connectivity index (χ0) is 19.2. The lowest BCUT2D eigenvalue weighted by Crippen LogP contribution is -2.26. The van der Waals surface area contributed by atoms with Crippen molar-refractivity contribution in [1.82, 2.24) is 9.29 Å². The molecule has 7 nitrogen and oxygen atoms in total. The third kappa shape index (κ3) is 6.25. The van der Waals surface area contributed by atoms with Crippen LogP contribution >= 0.6 is 15.9 Å². The fraction of sp³-hybridized carbons (Fsp3) is 0.176. The van der Waals surface area contributed by atoms with Crippen LogP contribution in [0.15, 0.2) is 64.5 Å². The molecule has 2 aromatic rings. The Morgan fingerprint density at radius 1 is 1.19 bits per heavy atom. The van der Waals surface area contributed by atoms with Crippen molar-refractivity contribution >= 4 is 37.5 Å². The summed E-state index contributed by atoms with van der Waals surface area (Å²) in [4.78, 5) is 23.8. The van der Waals surface area contributed by atoms with Crippen LogP contribution in [0.5, 0.6) is 0 Å². The third-order valence-electron chi connectivity index (χ3n) is 3.30. The fourth-order valence-corrected chi connectivity index (χ4v) is 3.61. The van der Waals surface area contributed by atoms with E-state index in [0.29, 0.717) is 15.7 Å². The molecule has 0 aliphatic carbocycles. The number of carbonyl (C=O) groups excluding carboxylic acids is 1. The van der Waals surface area contributed by atoms with E-state index >= 15 is 0 Å². The van der Waals surface area contributed by atoms with Crippen LogP contribution in [0.4, 0.5) is 5.69 Å². The van der Waals surface area contributed by atoms with E-state index in [0.717, 1.165) is 0 Å². The molecule has 9 heteroatoms. The van der Waals surface area contributed by atoms with Gasteiger partial charge in [0.2, 0.25) is 15.9 Å². The monoisotopic (exact) mass is 439 g/mol. The molecule has 0 radical (unpaired) electrons. The van der Waals surface area contributed by atoms with Crippen molar-refractivity contribution in [3.05, 3.63) is 75.6 Å². The van der Waals surface area contributed by atoms with E-state index in [4.69, 9.17) is 0 Å². The standard InChI is InChI=1S/C17H18BrN3O4S/c1-2-9-19-26(24,25)12-13-3-6-15(7-4-13)20-16(22)11-21-10-14(18)5-8-17(21)23/h2-8,10,19H,1,9,11-12H2,(H,20,22). The minimum atomic E-state index is -3.43. The number of nitrogens with one attached hydrogen (secondary N) is 2. The summed E-state index contributed by atoms with van der Waals surface area (Å²) in [6.07, 6.45) is 3.00. The molecule has 0 saturated heterocycles. The van der Waals surface area contributed by atoms with Gasteiger partial charge in [0.05, 0.1) is 5.75 Å². The number of aromatic nitrogens is 1. The highest BCUT2D eigenvalue weighted by atomic mass is 79.9. The highest BCUT2D eigenvalue weighted by Gasteiger charge is 2.11. The van der Waals surface area contributed by atoms with E-state index in [2.05, 4.69) is 32.5 Å². The predicted octanol–water partition coefficient (Wildman–Crippen LogP) is 1.85. The first-order chi connectivity index (χ1) is 12.3. The molecule has 2 rings (SSSR count). The van der Waals surface area contributed by atoms with Crippen LogP contribution in [0.1, 0.15) is 5.56 Å². The zero-order valence-electron chi connectivity index (χ0n) is 13.8. The topological polar surface area (TPSA) is 97.3 Å². The molecule has 1 heterocycles. The third-order valence-corrected chi connectivity index (χ3v) is 5.09. The number of rotatable bonds is 8. The Labute approximate surface area is 159 Å². The summed E-state index contributed by atoms with van der Waals surface area (Å²) < 4.78 is 28.0. The lowest BCUT2D eigenvalue weighted by molar-refractivity contribution is -0.116. The first-order valence-corrected chi connectivity index (χ1v) is 10.1. The molecular weight excluding hydrogens is 422 g/mol. The van der Waals surface area contributed by atoms with Crippen molar-refractivity contribution in [2.24, 2.45) is 0 Å². The molecule has 2 N–H and O–H groups in total. The summed E-state index contributed by atoms with van der Waals surface area (Å²) in [5.74, 6) is -0.527. The molecule has 0 aliphatic heterocycles. The van der Waals surface area contributed by atoms with Gasteiger partial charge < -0.3 is 9.88 Å². The zero-order valence-corrected chi connectivity index (χ0v) is 16.2. The average molecular weight is 440 g/mol. The van der Waals surface area contributed by atoms with Gasteiger partial charge in [-0.05, 0) is 39.7 Å². The number of halogens is 1.